The summed E-state index contributed by atoms with van der Waals surface area (Å²) in [6, 6.07) is 13.9. The summed E-state index contributed by atoms with van der Waals surface area (Å²) >= 11 is 0. The third-order valence-corrected chi connectivity index (χ3v) is 4.41. The summed E-state index contributed by atoms with van der Waals surface area (Å²) < 4.78 is 13.2. The zero-order chi connectivity index (χ0) is 18.5. The van der Waals surface area contributed by atoms with Crippen LogP contribution >= 0.6 is 0 Å². The van der Waals surface area contributed by atoms with Crippen LogP contribution in [-0.2, 0) is 0 Å². The van der Waals surface area contributed by atoms with Crippen molar-refractivity contribution in [2.24, 2.45) is 0 Å². The molecule has 0 bridgehead atoms. The van der Waals surface area contributed by atoms with Crippen molar-refractivity contribution in [2.75, 3.05) is 6.54 Å². The Kier molecular flexibility index (Phi) is 5.61. The van der Waals surface area contributed by atoms with Crippen molar-refractivity contribution in [3.05, 3.63) is 65.5 Å². The molecule has 3 nitrogen and oxygen atoms in total. The largest absolute Gasteiger partial charge is 0.352 e. The van der Waals surface area contributed by atoms with Crippen molar-refractivity contribution >= 4 is 16.8 Å². The summed E-state index contributed by atoms with van der Waals surface area (Å²) in [7, 11) is 0. The Labute approximate surface area is 153 Å². The van der Waals surface area contributed by atoms with Gasteiger partial charge in [-0.15, -0.1) is 0 Å². The molecule has 1 heterocycles. The highest BCUT2D eigenvalue weighted by atomic mass is 19.1. The van der Waals surface area contributed by atoms with E-state index in [0.29, 0.717) is 17.8 Å². The third-order valence-electron chi connectivity index (χ3n) is 4.41. The first-order valence-corrected chi connectivity index (χ1v) is 9.04. The minimum Gasteiger partial charge on any atom is -0.352 e. The molecule has 1 amide bonds. The van der Waals surface area contributed by atoms with Gasteiger partial charge in [-0.3, -0.25) is 4.79 Å². The van der Waals surface area contributed by atoms with Gasteiger partial charge in [-0.25, -0.2) is 9.37 Å². The molecule has 1 aromatic heterocycles. The molecule has 1 N–H and O–H groups in total. The van der Waals surface area contributed by atoms with Crippen LogP contribution in [0, 0.1) is 12.7 Å². The Morgan fingerprint density at radius 2 is 1.85 bits per heavy atom. The van der Waals surface area contributed by atoms with Crippen LogP contribution in [0.3, 0.4) is 0 Å². The van der Waals surface area contributed by atoms with Crippen molar-refractivity contribution in [1.82, 2.24) is 10.3 Å². The highest BCUT2D eigenvalue weighted by Gasteiger charge is 2.14. The van der Waals surface area contributed by atoms with Crippen LogP contribution in [0.5, 0.6) is 0 Å². The summed E-state index contributed by atoms with van der Waals surface area (Å²) in [5, 5.41) is 3.84. The van der Waals surface area contributed by atoms with Gasteiger partial charge in [0.2, 0.25) is 0 Å². The number of carbonyl (C=O) groups excluding carboxylic acids is 1. The van der Waals surface area contributed by atoms with E-state index in [1.807, 2.05) is 25.1 Å². The number of unbranched alkanes of at least 4 members (excludes halogenated alkanes) is 2. The van der Waals surface area contributed by atoms with Crippen molar-refractivity contribution < 1.29 is 9.18 Å². The number of halogens is 1. The van der Waals surface area contributed by atoms with E-state index in [4.69, 9.17) is 0 Å². The van der Waals surface area contributed by atoms with Gasteiger partial charge in [-0.2, -0.15) is 0 Å². The lowest BCUT2D eigenvalue weighted by molar-refractivity contribution is 0.0954. The zero-order valence-corrected chi connectivity index (χ0v) is 15.2. The lowest BCUT2D eigenvalue weighted by atomic mass is 10.0. The van der Waals surface area contributed by atoms with Crippen molar-refractivity contribution in [3.8, 4) is 11.3 Å². The van der Waals surface area contributed by atoms with E-state index in [0.717, 1.165) is 41.3 Å². The average molecular weight is 350 g/mol. The lowest BCUT2D eigenvalue weighted by Gasteiger charge is -2.11. The van der Waals surface area contributed by atoms with Crippen molar-refractivity contribution in [2.45, 2.75) is 33.1 Å². The first-order chi connectivity index (χ1) is 12.6. The molecule has 0 radical (unpaired) electrons. The van der Waals surface area contributed by atoms with Crippen LogP contribution in [-0.4, -0.2) is 17.4 Å². The van der Waals surface area contributed by atoms with Crippen molar-refractivity contribution in [3.63, 3.8) is 0 Å². The molecule has 134 valence electrons. The number of nitrogens with zero attached hydrogens (tertiary/aromatic N) is 1. The molecule has 3 aromatic rings. The molecular weight excluding hydrogens is 327 g/mol. The molecule has 0 atom stereocenters. The SMILES string of the molecule is CCCCCNC(=O)c1cc(-c2ccc(F)cc2)nc2ccc(C)cc12. The maximum Gasteiger partial charge on any atom is 0.252 e. The maximum atomic E-state index is 13.2. The number of carbonyl (C=O) groups is 1. The van der Waals surface area contributed by atoms with Crippen LogP contribution in [0.15, 0.2) is 48.5 Å². The summed E-state index contributed by atoms with van der Waals surface area (Å²) in [4.78, 5) is 17.4. The highest BCUT2D eigenvalue weighted by Crippen LogP contribution is 2.26. The third kappa shape index (κ3) is 4.07. The fourth-order valence-electron chi connectivity index (χ4n) is 2.97. The van der Waals surface area contributed by atoms with Crippen molar-refractivity contribution in [1.29, 1.82) is 0 Å². The van der Waals surface area contributed by atoms with E-state index < -0.39 is 0 Å². The summed E-state index contributed by atoms with van der Waals surface area (Å²) in [5.74, 6) is -0.387. The van der Waals surface area contributed by atoms with Gasteiger partial charge < -0.3 is 5.32 Å². The molecule has 3 rings (SSSR count). The first kappa shape index (κ1) is 18.1. The number of pyridine rings is 1. The van der Waals surface area contributed by atoms with Crippen LogP contribution in [0.4, 0.5) is 4.39 Å². The highest BCUT2D eigenvalue weighted by molar-refractivity contribution is 6.07. The number of aryl methyl sites for hydroxylation is 1. The number of nitrogens with one attached hydrogen (secondary N) is 1. The molecule has 2 aromatic carbocycles. The van der Waals surface area contributed by atoms with Crippen LogP contribution in [0.1, 0.15) is 42.1 Å². The lowest BCUT2D eigenvalue weighted by Crippen LogP contribution is -2.24. The standard InChI is InChI=1S/C22H23FN2O/c1-3-4-5-12-24-22(26)19-14-21(16-7-9-17(23)10-8-16)25-20-11-6-15(2)13-18(19)20/h6-11,13-14H,3-5,12H2,1-2H3,(H,24,26). The van der Waals surface area contributed by atoms with Crippen LogP contribution in [0.2, 0.25) is 0 Å². The zero-order valence-electron chi connectivity index (χ0n) is 15.2. The average Bonchev–Trinajstić information content (AvgIpc) is 2.65. The van der Waals surface area contributed by atoms with E-state index in [9.17, 15) is 9.18 Å². The molecule has 0 spiro atoms. The second-order valence-corrected chi connectivity index (χ2v) is 6.55. The van der Waals surface area contributed by atoms with Gasteiger partial charge in [0, 0.05) is 17.5 Å². The van der Waals surface area contributed by atoms with Gasteiger partial charge in [0.25, 0.3) is 5.91 Å². The Bertz CT molecular complexity index is 919. The molecule has 0 fully saturated rings. The normalized spacial score (nSPS) is 10.9. The molecule has 0 aliphatic rings. The predicted molar refractivity (Wildman–Crippen MR) is 104 cm³/mol. The Morgan fingerprint density at radius 3 is 2.58 bits per heavy atom. The molecular formula is C22H23FN2O. The number of aromatic nitrogens is 1. The number of fused-ring (bicyclic) bond motifs is 1. The minimum atomic E-state index is -0.293. The summed E-state index contributed by atoms with van der Waals surface area (Å²) in [5.41, 5.74) is 3.90. The Morgan fingerprint density at radius 1 is 1.08 bits per heavy atom. The van der Waals surface area contributed by atoms with Gasteiger partial charge in [0.15, 0.2) is 0 Å². The second-order valence-electron chi connectivity index (χ2n) is 6.55. The first-order valence-electron chi connectivity index (χ1n) is 9.04. The summed E-state index contributed by atoms with van der Waals surface area (Å²) in [6.45, 7) is 4.79. The molecule has 4 heteroatoms. The van der Waals surface area contributed by atoms with Gasteiger partial charge in [0.1, 0.15) is 5.82 Å². The number of hydrogen-bond donors (Lipinski definition) is 1. The quantitative estimate of drug-likeness (QED) is 0.615. The Balaban J connectivity index is 2.02. The monoisotopic (exact) mass is 350 g/mol. The summed E-state index contributed by atoms with van der Waals surface area (Å²) in [6.07, 6.45) is 3.17. The fourth-order valence-corrected chi connectivity index (χ4v) is 2.97. The maximum absolute atomic E-state index is 13.2. The molecule has 26 heavy (non-hydrogen) atoms. The van der Waals surface area contributed by atoms with Gasteiger partial charge >= 0.3 is 0 Å². The van der Waals surface area contributed by atoms with Gasteiger partial charge in [0.05, 0.1) is 16.8 Å². The van der Waals surface area contributed by atoms with E-state index in [2.05, 4.69) is 17.2 Å². The predicted octanol–water partition coefficient (Wildman–Crippen LogP) is 5.27. The molecule has 0 aliphatic heterocycles. The molecule has 0 saturated carbocycles. The van der Waals surface area contributed by atoms with E-state index in [1.54, 1.807) is 18.2 Å². The van der Waals surface area contributed by atoms with Gasteiger partial charge in [-0.1, -0.05) is 31.4 Å². The number of amides is 1. The number of hydrogen-bond acceptors (Lipinski definition) is 2. The topological polar surface area (TPSA) is 42.0 Å². The van der Waals surface area contributed by atoms with Crippen LogP contribution < -0.4 is 5.32 Å². The van der Waals surface area contributed by atoms with E-state index in [1.165, 1.54) is 12.1 Å². The molecule has 0 saturated heterocycles. The second kappa shape index (κ2) is 8.09. The minimum absolute atomic E-state index is 0.0949. The van der Waals surface area contributed by atoms with E-state index in [-0.39, 0.29) is 11.7 Å². The van der Waals surface area contributed by atoms with Crippen LogP contribution in [0.25, 0.3) is 22.2 Å². The number of benzene rings is 2. The van der Waals surface area contributed by atoms with E-state index >= 15 is 0 Å². The Hall–Kier alpha value is -2.75. The number of rotatable bonds is 6. The van der Waals surface area contributed by atoms with Gasteiger partial charge in [-0.05, 0) is 55.8 Å². The molecule has 0 aliphatic carbocycles. The fraction of sp³-hybridized carbons (Fsp3) is 0.273. The smallest absolute Gasteiger partial charge is 0.252 e. The molecule has 0 unspecified atom stereocenters.